The summed E-state index contributed by atoms with van der Waals surface area (Å²) in [4.78, 5) is 2.73. The van der Waals surface area contributed by atoms with Crippen LogP contribution in [0.15, 0.2) is 35.1 Å². The van der Waals surface area contributed by atoms with Gasteiger partial charge < -0.3 is 15.1 Å². The van der Waals surface area contributed by atoms with E-state index in [4.69, 9.17) is 0 Å². The molecule has 3 heteroatoms. The van der Waals surface area contributed by atoms with E-state index in [1.54, 1.807) is 5.57 Å². The number of allylic oxidation sites excluding steroid dienone is 3. The van der Waals surface area contributed by atoms with E-state index in [0.29, 0.717) is 5.41 Å². The van der Waals surface area contributed by atoms with E-state index < -0.39 is 5.60 Å². The standard InChI is InChI=1S/C27H43NO2/c1-25(2,30)14-7-16-27(17-18-27)24-11-6-19-28-22(9-5-15-26(24,28)3)13-12-21-8-4-10-23(29)20-21/h11-13,23,29-30H,4-10,14-20H2,1-3H3/b21-12-,22-13+. The number of rotatable bonds is 6. The number of hydrogen-bond donors (Lipinski definition) is 2. The van der Waals surface area contributed by atoms with Gasteiger partial charge in [0.05, 0.1) is 17.2 Å². The van der Waals surface area contributed by atoms with Gasteiger partial charge in [-0.2, -0.15) is 0 Å². The molecule has 2 atom stereocenters. The van der Waals surface area contributed by atoms with Crippen molar-refractivity contribution < 1.29 is 10.2 Å². The van der Waals surface area contributed by atoms with Gasteiger partial charge in [0.2, 0.25) is 0 Å². The molecule has 2 aliphatic carbocycles. The minimum Gasteiger partial charge on any atom is -0.393 e. The maximum absolute atomic E-state index is 10.1. The third-order valence-corrected chi connectivity index (χ3v) is 8.23. The van der Waals surface area contributed by atoms with Crippen LogP contribution in [-0.4, -0.2) is 38.9 Å². The number of piperidine rings is 1. The molecular formula is C27H43NO2. The molecule has 2 saturated carbocycles. The van der Waals surface area contributed by atoms with Crippen LogP contribution in [0.25, 0.3) is 0 Å². The molecule has 0 aromatic heterocycles. The molecular weight excluding hydrogens is 370 g/mol. The number of fused-ring (bicyclic) bond motifs is 1. The summed E-state index contributed by atoms with van der Waals surface area (Å²) in [6, 6.07) is 0. The Morgan fingerprint density at radius 3 is 2.67 bits per heavy atom. The molecule has 3 nitrogen and oxygen atoms in total. The lowest BCUT2D eigenvalue weighted by atomic mass is 9.70. The van der Waals surface area contributed by atoms with Crippen molar-refractivity contribution >= 4 is 0 Å². The van der Waals surface area contributed by atoms with Gasteiger partial charge in [0.25, 0.3) is 0 Å². The molecule has 2 unspecified atom stereocenters. The molecule has 30 heavy (non-hydrogen) atoms. The van der Waals surface area contributed by atoms with E-state index >= 15 is 0 Å². The van der Waals surface area contributed by atoms with Crippen molar-refractivity contribution in [2.75, 3.05) is 6.54 Å². The van der Waals surface area contributed by atoms with Gasteiger partial charge in [-0.1, -0.05) is 17.7 Å². The predicted molar refractivity (Wildman–Crippen MR) is 124 cm³/mol. The zero-order chi connectivity index (χ0) is 21.4. The summed E-state index contributed by atoms with van der Waals surface area (Å²) in [5, 5.41) is 20.2. The average molecular weight is 414 g/mol. The van der Waals surface area contributed by atoms with Gasteiger partial charge in [0.15, 0.2) is 0 Å². The molecule has 0 amide bonds. The van der Waals surface area contributed by atoms with E-state index in [2.05, 4.69) is 30.1 Å². The van der Waals surface area contributed by atoms with Gasteiger partial charge in [-0.05, 0) is 121 Å². The maximum Gasteiger partial charge on any atom is 0.0591 e. The van der Waals surface area contributed by atoms with Crippen molar-refractivity contribution in [3.8, 4) is 0 Å². The first-order valence-corrected chi connectivity index (χ1v) is 12.5. The van der Waals surface area contributed by atoms with Gasteiger partial charge in [-0.3, -0.25) is 0 Å². The molecule has 4 aliphatic rings. The van der Waals surface area contributed by atoms with Gasteiger partial charge in [0.1, 0.15) is 0 Å². The van der Waals surface area contributed by atoms with Crippen LogP contribution < -0.4 is 0 Å². The lowest BCUT2D eigenvalue weighted by Crippen LogP contribution is -2.53. The van der Waals surface area contributed by atoms with Crippen molar-refractivity contribution in [1.29, 1.82) is 0 Å². The molecule has 2 heterocycles. The number of aliphatic hydroxyl groups excluding tert-OH is 1. The first-order valence-electron chi connectivity index (χ1n) is 12.5. The fourth-order valence-electron chi connectivity index (χ4n) is 6.49. The van der Waals surface area contributed by atoms with Crippen LogP contribution in [0.1, 0.15) is 104 Å². The van der Waals surface area contributed by atoms with E-state index in [-0.39, 0.29) is 11.6 Å². The predicted octanol–water partition coefficient (Wildman–Crippen LogP) is 6.03. The Labute approximate surface area is 183 Å². The zero-order valence-corrected chi connectivity index (χ0v) is 19.6. The molecule has 0 aromatic carbocycles. The van der Waals surface area contributed by atoms with E-state index in [0.717, 1.165) is 51.5 Å². The minimum absolute atomic E-state index is 0.136. The summed E-state index contributed by atoms with van der Waals surface area (Å²) >= 11 is 0. The second kappa shape index (κ2) is 8.47. The third-order valence-electron chi connectivity index (χ3n) is 8.23. The number of hydrogen-bond acceptors (Lipinski definition) is 3. The second-order valence-corrected chi connectivity index (χ2v) is 11.4. The third kappa shape index (κ3) is 4.72. The molecule has 1 saturated heterocycles. The SMILES string of the molecule is CC(C)(O)CCCC1(C2=CCCN3/C(=C/C=C4/CCCC(O)C4)CCCC23C)CC1. The van der Waals surface area contributed by atoms with Crippen molar-refractivity contribution in [3.63, 3.8) is 0 Å². The fourth-order valence-corrected chi connectivity index (χ4v) is 6.49. The van der Waals surface area contributed by atoms with Crippen molar-refractivity contribution in [3.05, 3.63) is 35.1 Å². The number of nitrogens with zero attached hydrogens (tertiary/aromatic N) is 1. The highest BCUT2D eigenvalue weighted by Crippen LogP contribution is 2.62. The monoisotopic (exact) mass is 413 g/mol. The highest BCUT2D eigenvalue weighted by atomic mass is 16.3. The summed E-state index contributed by atoms with van der Waals surface area (Å²) in [6.45, 7) is 7.51. The smallest absolute Gasteiger partial charge is 0.0591 e. The van der Waals surface area contributed by atoms with Crippen LogP contribution in [0, 0.1) is 5.41 Å². The molecule has 168 valence electrons. The Bertz CT molecular complexity index is 722. The van der Waals surface area contributed by atoms with Gasteiger partial charge >= 0.3 is 0 Å². The highest BCUT2D eigenvalue weighted by Gasteiger charge is 2.54. The Morgan fingerprint density at radius 1 is 1.17 bits per heavy atom. The molecule has 0 aromatic rings. The summed E-state index contributed by atoms with van der Waals surface area (Å²) in [6.07, 6.45) is 22.0. The molecule has 0 radical (unpaired) electrons. The topological polar surface area (TPSA) is 43.7 Å². The largest absolute Gasteiger partial charge is 0.393 e. The average Bonchev–Trinajstić information content (AvgIpc) is 3.45. The van der Waals surface area contributed by atoms with Crippen LogP contribution in [0.5, 0.6) is 0 Å². The normalized spacial score (nSPS) is 34.1. The Balaban J connectivity index is 1.50. The number of aliphatic hydroxyl groups is 2. The summed E-state index contributed by atoms with van der Waals surface area (Å²) in [5.74, 6) is 0. The minimum atomic E-state index is -0.548. The summed E-state index contributed by atoms with van der Waals surface area (Å²) in [5.41, 5.74) is 4.66. The molecule has 2 N–H and O–H groups in total. The second-order valence-electron chi connectivity index (χ2n) is 11.4. The molecule has 0 bridgehead atoms. The van der Waals surface area contributed by atoms with Gasteiger partial charge in [-0.25, -0.2) is 0 Å². The van der Waals surface area contributed by atoms with E-state index in [9.17, 15) is 10.2 Å². The molecule has 0 spiro atoms. The first-order chi connectivity index (χ1) is 14.2. The van der Waals surface area contributed by atoms with Crippen LogP contribution >= 0.6 is 0 Å². The van der Waals surface area contributed by atoms with Crippen molar-refractivity contribution in [1.82, 2.24) is 4.90 Å². The van der Waals surface area contributed by atoms with Gasteiger partial charge in [0, 0.05) is 12.2 Å². The molecule has 2 aliphatic heterocycles. The Hall–Kier alpha value is -1.06. The first kappa shape index (κ1) is 22.1. The fraction of sp³-hybridized carbons (Fsp3) is 0.778. The highest BCUT2D eigenvalue weighted by molar-refractivity contribution is 5.38. The quantitative estimate of drug-likeness (QED) is 0.523. The summed E-state index contributed by atoms with van der Waals surface area (Å²) in [7, 11) is 0. The van der Waals surface area contributed by atoms with Crippen LogP contribution in [-0.2, 0) is 0 Å². The lowest BCUT2D eigenvalue weighted by Gasteiger charge is -2.53. The molecule has 4 rings (SSSR count). The molecule has 3 fully saturated rings. The Morgan fingerprint density at radius 2 is 1.97 bits per heavy atom. The lowest BCUT2D eigenvalue weighted by molar-refractivity contribution is 0.0653. The van der Waals surface area contributed by atoms with E-state index in [1.165, 1.54) is 49.8 Å². The zero-order valence-electron chi connectivity index (χ0n) is 19.6. The van der Waals surface area contributed by atoms with Crippen LogP contribution in [0.3, 0.4) is 0 Å². The van der Waals surface area contributed by atoms with Gasteiger partial charge in [-0.15, -0.1) is 0 Å². The maximum atomic E-state index is 10.1. The van der Waals surface area contributed by atoms with Crippen molar-refractivity contribution in [2.45, 2.75) is 121 Å². The van der Waals surface area contributed by atoms with Crippen LogP contribution in [0.4, 0.5) is 0 Å². The summed E-state index contributed by atoms with van der Waals surface area (Å²) < 4.78 is 0. The Kier molecular flexibility index (Phi) is 6.25. The van der Waals surface area contributed by atoms with E-state index in [1.807, 2.05) is 13.8 Å². The van der Waals surface area contributed by atoms with Crippen LogP contribution in [0.2, 0.25) is 0 Å². The van der Waals surface area contributed by atoms with Crippen molar-refractivity contribution in [2.24, 2.45) is 5.41 Å².